The molecule has 16 heavy (non-hydrogen) atoms. The van der Waals surface area contributed by atoms with E-state index in [1.165, 1.54) is 19.3 Å². The molecule has 0 aliphatic carbocycles. The molecule has 0 bridgehead atoms. The maximum absolute atomic E-state index is 5.62. The van der Waals surface area contributed by atoms with E-state index in [1.807, 2.05) is 24.3 Å². The molecule has 0 saturated carbocycles. The Bertz CT molecular complexity index is 272. The van der Waals surface area contributed by atoms with Crippen LogP contribution in [0.5, 0.6) is 11.5 Å². The third-order valence-electron chi connectivity index (χ3n) is 2.36. The molecule has 0 amide bonds. The van der Waals surface area contributed by atoms with Crippen molar-refractivity contribution in [3.63, 3.8) is 0 Å². The summed E-state index contributed by atoms with van der Waals surface area (Å²) in [6.07, 6.45) is 4.89. The zero-order valence-corrected chi connectivity index (χ0v) is 11.3. The fourth-order valence-corrected chi connectivity index (χ4v) is 1.81. The highest BCUT2D eigenvalue weighted by Crippen LogP contribution is 2.17. The van der Waals surface area contributed by atoms with E-state index in [0.29, 0.717) is 0 Å². The molecule has 0 atom stereocenters. The summed E-state index contributed by atoms with van der Waals surface area (Å²) < 4.78 is 10.7. The Morgan fingerprint density at radius 3 is 2.19 bits per heavy atom. The number of hydrogen-bond acceptors (Lipinski definition) is 2. The third-order valence-corrected chi connectivity index (χ3v) is 2.92. The minimum atomic E-state index is 0.800. The van der Waals surface area contributed by atoms with Gasteiger partial charge in [-0.25, -0.2) is 0 Å². The van der Waals surface area contributed by atoms with Crippen LogP contribution >= 0.6 is 15.9 Å². The summed E-state index contributed by atoms with van der Waals surface area (Å²) in [4.78, 5) is 0. The van der Waals surface area contributed by atoms with Crippen LogP contribution in [0.15, 0.2) is 24.3 Å². The molecule has 0 spiro atoms. The lowest BCUT2D eigenvalue weighted by molar-refractivity contribution is 0.304. The number of halogens is 1. The van der Waals surface area contributed by atoms with Crippen molar-refractivity contribution in [2.75, 3.05) is 19.0 Å². The molecule has 0 heterocycles. The Morgan fingerprint density at radius 1 is 0.938 bits per heavy atom. The molecule has 0 radical (unpaired) electrons. The number of ether oxygens (including phenoxy) is 2. The van der Waals surface area contributed by atoms with Crippen LogP contribution in [0.25, 0.3) is 0 Å². The first-order valence-corrected chi connectivity index (χ1v) is 6.82. The van der Waals surface area contributed by atoms with Gasteiger partial charge in [0.05, 0.1) is 13.7 Å². The SMILES string of the molecule is COc1ccc(OCCCCCCBr)cc1. The first kappa shape index (κ1) is 13.4. The zero-order valence-electron chi connectivity index (χ0n) is 9.75. The lowest BCUT2D eigenvalue weighted by atomic mass is 10.2. The highest BCUT2D eigenvalue weighted by atomic mass is 79.9. The van der Waals surface area contributed by atoms with Gasteiger partial charge in [-0.3, -0.25) is 0 Å². The second-order valence-corrected chi connectivity index (χ2v) is 4.42. The van der Waals surface area contributed by atoms with Crippen LogP contribution in [0.1, 0.15) is 25.7 Å². The molecule has 0 unspecified atom stereocenters. The topological polar surface area (TPSA) is 18.5 Å². The maximum Gasteiger partial charge on any atom is 0.119 e. The van der Waals surface area contributed by atoms with Gasteiger partial charge in [0.15, 0.2) is 0 Å². The number of benzene rings is 1. The molecule has 0 N–H and O–H groups in total. The van der Waals surface area contributed by atoms with E-state index in [4.69, 9.17) is 9.47 Å². The van der Waals surface area contributed by atoms with E-state index in [2.05, 4.69) is 15.9 Å². The third kappa shape index (κ3) is 5.40. The molecule has 0 aliphatic rings. The molecule has 3 heteroatoms. The van der Waals surface area contributed by atoms with Crippen LogP contribution in [-0.2, 0) is 0 Å². The fraction of sp³-hybridized carbons (Fsp3) is 0.538. The normalized spacial score (nSPS) is 10.1. The average Bonchev–Trinajstić information content (AvgIpc) is 2.34. The summed E-state index contributed by atoms with van der Waals surface area (Å²) in [5.74, 6) is 1.78. The molecule has 1 aromatic carbocycles. The van der Waals surface area contributed by atoms with Crippen molar-refractivity contribution in [2.24, 2.45) is 0 Å². The van der Waals surface area contributed by atoms with E-state index >= 15 is 0 Å². The van der Waals surface area contributed by atoms with Gasteiger partial charge in [-0.15, -0.1) is 0 Å². The van der Waals surface area contributed by atoms with E-state index in [9.17, 15) is 0 Å². The highest BCUT2D eigenvalue weighted by molar-refractivity contribution is 9.09. The van der Waals surface area contributed by atoms with Gasteiger partial charge in [0.2, 0.25) is 0 Å². The maximum atomic E-state index is 5.62. The number of methoxy groups -OCH3 is 1. The Kier molecular flexibility index (Phi) is 7.06. The molecular weight excluding hydrogens is 268 g/mol. The van der Waals surface area contributed by atoms with Crippen LogP contribution in [0, 0.1) is 0 Å². The Labute approximate surface area is 106 Å². The first-order valence-electron chi connectivity index (χ1n) is 5.69. The zero-order chi connectivity index (χ0) is 11.6. The summed E-state index contributed by atoms with van der Waals surface area (Å²) in [5.41, 5.74) is 0. The molecule has 0 aromatic heterocycles. The molecular formula is C13H19BrO2. The van der Waals surface area contributed by atoms with Gasteiger partial charge in [0.1, 0.15) is 11.5 Å². The van der Waals surface area contributed by atoms with Gasteiger partial charge in [-0.2, -0.15) is 0 Å². The number of hydrogen-bond donors (Lipinski definition) is 0. The molecule has 0 aliphatic heterocycles. The average molecular weight is 287 g/mol. The highest BCUT2D eigenvalue weighted by Gasteiger charge is 1.95. The van der Waals surface area contributed by atoms with Crippen LogP contribution in [0.2, 0.25) is 0 Å². The predicted molar refractivity (Wildman–Crippen MR) is 70.8 cm³/mol. The minimum absolute atomic E-state index is 0.800. The summed E-state index contributed by atoms with van der Waals surface area (Å²) in [7, 11) is 1.67. The summed E-state index contributed by atoms with van der Waals surface area (Å²) in [6, 6.07) is 7.72. The second-order valence-electron chi connectivity index (χ2n) is 3.63. The first-order chi connectivity index (χ1) is 7.86. The second kappa shape index (κ2) is 8.45. The standard InChI is InChI=1S/C13H19BrO2/c1-15-12-6-8-13(9-7-12)16-11-5-3-2-4-10-14/h6-9H,2-5,10-11H2,1H3. The summed E-state index contributed by atoms with van der Waals surface area (Å²) in [5, 5.41) is 1.10. The predicted octanol–water partition coefficient (Wildman–Crippen LogP) is 4.03. The van der Waals surface area contributed by atoms with Crippen molar-refractivity contribution < 1.29 is 9.47 Å². The quantitative estimate of drug-likeness (QED) is 0.531. The summed E-state index contributed by atoms with van der Waals surface area (Å²) in [6.45, 7) is 0.800. The van der Waals surface area contributed by atoms with Gasteiger partial charge in [0.25, 0.3) is 0 Å². The molecule has 1 aromatic rings. The number of alkyl halides is 1. The minimum Gasteiger partial charge on any atom is -0.497 e. The Hall–Kier alpha value is -0.700. The largest absolute Gasteiger partial charge is 0.497 e. The van der Waals surface area contributed by atoms with Crippen molar-refractivity contribution in [1.29, 1.82) is 0 Å². The van der Waals surface area contributed by atoms with E-state index < -0.39 is 0 Å². The Morgan fingerprint density at radius 2 is 1.56 bits per heavy atom. The van der Waals surface area contributed by atoms with Gasteiger partial charge in [0, 0.05) is 5.33 Å². The van der Waals surface area contributed by atoms with Crippen molar-refractivity contribution in [2.45, 2.75) is 25.7 Å². The van der Waals surface area contributed by atoms with E-state index in [-0.39, 0.29) is 0 Å². The molecule has 0 fully saturated rings. The van der Waals surface area contributed by atoms with Gasteiger partial charge >= 0.3 is 0 Å². The van der Waals surface area contributed by atoms with Crippen molar-refractivity contribution in [1.82, 2.24) is 0 Å². The lowest BCUT2D eigenvalue weighted by Crippen LogP contribution is -1.97. The van der Waals surface area contributed by atoms with Gasteiger partial charge in [-0.1, -0.05) is 28.8 Å². The smallest absolute Gasteiger partial charge is 0.119 e. The van der Waals surface area contributed by atoms with Crippen molar-refractivity contribution in [3.05, 3.63) is 24.3 Å². The van der Waals surface area contributed by atoms with E-state index in [1.54, 1.807) is 7.11 Å². The van der Waals surface area contributed by atoms with Gasteiger partial charge in [-0.05, 0) is 37.1 Å². The Balaban J connectivity index is 2.12. The van der Waals surface area contributed by atoms with E-state index in [0.717, 1.165) is 29.9 Å². The van der Waals surface area contributed by atoms with Crippen LogP contribution in [0.3, 0.4) is 0 Å². The monoisotopic (exact) mass is 286 g/mol. The van der Waals surface area contributed by atoms with Crippen LogP contribution < -0.4 is 9.47 Å². The van der Waals surface area contributed by atoms with Crippen molar-refractivity contribution in [3.8, 4) is 11.5 Å². The van der Waals surface area contributed by atoms with Gasteiger partial charge < -0.3 is 9.47 Å². The molecule has 2 nitrogen and oxygen atoms in total. The lowest BCUT2D eigenvalue weighted by Gasteiger charge is -2.06. The fourth-order valence-electron chi connectivity index (χ4n) is 1.41. The van der Waals surface area contributed by atoms with Crippen molar-refractivity contribution >= 4 is 15.9 Å². The molecule has 90 valence electrons. The van der Waals surface area contributed by atoms with Crippen LogP contribution in [0.4, 0.5) is 0 Å². The molecule has 1 rings (SSSR count). The number of unbranched alkanes of at least 4 members (excludes halogenated alkanes) is 3. The molecule has 0 saturated heterocycles. The number of rotatable bonds is 8. The van der Waals surface area contributed by atoms with Crippen LogP contribution in [-0.4, -0.2) is 19.0 Å². The summed E-state index contributed by atoms with van der Waals surface area (Å²) >= 11 is 3.43.